The number of hydrogen-bond donors (Lipinski definition) is 0. The van der Waals surface area contributed by atoms with E-state index in [1.54, 1.807) is 6.92 Å². The minimum absolute atomic E-state index is 0.139. The van der Waals surface area contributed by atoms with Crippen LogP contribution in [0.25, 0.3) is 0 Å². The zero-order valence-corrected chi connectivity index (χ0v) is 11.7. The molecule has 20 heavy (non-hydrogen) atoms. The number of benzene rings is 1. The second-order valence-corrected chi connectivity index (χ2v) is 5.21. The molecule has 2 heterocycles. The summed E-state index contributed by atoms with van der Waals surface area (Å²) in [6.07, 6.45) is 3.82. The van der Waals surface area contributed by atoms with E-state index in [1.165, 1.54) is 11.3 Å². The lowest BCUT2D eigenvalue weighted by atomic mass is 10.1. The van der Waals surface area contributed by atoms with Crippen molar-refractivity contribution in [2.24, 2.45) is 0 Å². The van der Waals surface area contributed by atoms with Crippen LogP contribution in [-0.4, -0.2) is 23.9 Å². The zero-order chi connectivity index (χ0) is 13.9. The van der Waals surface area contributed by atoms with Crippen LogP contribution in [0, 0.1) is 0 Å². The third kappa shape index (κ3) is 2.57. The van der Waals surface area contributed by atoms with Crippen molar-refractivity contribution in [2.45, 2.75) is 19.8 Å². The molecule has 2 aromatic rings. The van der Waals surface area contributed by atoms with Crippen molar-refractivity contribution in [3.63, 3.8) is 0 Å². The van der Waals surface area contributed by atoms with Crippen LogP contribution in [0.4, 0.5) is 5.69 Å². The number of pyridine rings is 1. The minimum atomic E-state index is 0.139. The molecular formula is C17H18N2O. The molecule has 0 fully saturated rings. The molecule has 1 aromatic heterocycles. The Kier molecular flexibility index (Phi) is 3.50. The summed E-state index contributed by atoms with van der Waals surface area (Å²) in [5.41, 5.74) is 4.50. The van der Waals surface area contributed by atoms with Gasteiger partial charge in [-0.25, -0.2) is 0 Å². The Morgan fingerprint density at radius 3 is 2.95 bits per heavy atom. The van der Waals surface area contributed by atoms with Crippen molar-refractivity contribution in [3.05, 3.63) is 59.4 Å². The van der Waals surface area contributed by atoms with Crippen LogP contribution in [0.1, 0.15) is 28.5 Å². The Bertz CT molecular complexity index is 622. The fraction of sp³-hybridized carbons (Fsp3) is 0.294. The molecule has 0 amide bonds. The molecule has 0 bridgehead atoms. The number of aromatic nitrogens is 1. The van der Waals surface area contributed by atoms with E-state index in [1.807, 2.05) is 30.5 Å². The summed E-state index contributed by atoms with van der Waals surface area (Å²) in [5, 5.41) is 0. The zero-order valence-electron chi connectivity index (χ0n) is 11.7. The molecule has 0 N–H and O–H groups in total. The lowest BCUT2D eigenvalue weighted by Gasteiger charge is -2.19. The van der Waals surface area contributed by atoms with Gasteiger partial charge in [0.25, 0.3) is 0 Å². The van der Waals surface area contributed by atoms with E-state index < -0.39 is 0 Å². The molecule has 0 radical (unpaired) electrons. The topological polar surface area (TPSA) is 33.2 Å². The summed E-state index contributed by atoms with van der Waals surface area (Å²) in [4.78, 5) is 18.2. The molecule has 0 aliphatic carbocycles. The fourth-order valence-electron chi connectivity index (χ4n) is 2.72. The molecular weight excluding hydrogens is 248 g/mol. The number of anilines is 1. The van der Waals surface area contributed by atoms with Gasteiger partial charge in [-0.15, -0.1) is 0 Å². The molecule has 0 spiro atoms. The number of nitrogens with zero attached hydrogens (tertiary/aromatic N) is 2. The molecule has 102 valence electrons. The van der Waals surface area contributed by atoms with E-state index >= 15 is 0 Å². The number of fused-ring (bicyclic) bond motifs is 1. The molecule has 0 atom stereocenters. The average Bonchev–Trinajstić information content (AvgIpc) is 2.88. The molecule has 1 aliphatic rings. The Balaban J connectivity index is 1.72. The van der Waals surface area contributed by atoms with Crippen molar-refractivity contribution in [3.8, 4) is 0 Å². The second-order valence-electron chi connectivity index (χ2n) is 5.21. The van der Waals surface area contributed by atoms with Gasteiger partial charge >= 0.3 is 0 Å². The smallest absolute Gasteiger partial charge is 0.159 e. The first-order valence-corrected chi connectivity index (χ1v) is 7.03. The van der Waals surface area contributed by atoms with Crippen molar-refractivity contribution < 1.29 is 4.79 Å². The summed E-state index contributed by atoms with van der Waals surface area (Å²) in [5.74, 6) is 0.139. The van der Waals surface area contributed by atoms with Gasteiger partial charge in [0.05, 0.1) is 0 Å². The normalized spacial score (nSPS) is 13.3. The Labute approximate surface area is 119 Å². The molecule has 1 aromatic carbocycles. The van der Waals surface area contributed by atoms with Gasteiger partial charge in [-0.2, -0.15) is 0 Å². The van der Waals surface area contributed by atoms with Gasteiger partial charge in [-0.1, -0.05) is 6.07 Å². The van der Waals surface area contributed by atoms with Gasteiger partial charge in [0, 0.05) is 42.7 Å². The molecule has 0 saturated carbocycles. The molecule has 0 saturated heterocycles. The molecule has 1 aliphatic heterocycles. The summed E-state index contributed by atoms with van der Waals surface area (Å²) >= 11 is 0. The van der Waals surface area contributed by atoms with Gasteiger partial charge in [-0.3, -0.25) is 9.78 Å². The van der Waals surface area contributed by atoms with Gasteiger partial charge in [-0.05, 0) is 49.2 Å². The Morgan fingerprint density at radius 2 is 2.20 bits per heavy atom. The van der Waals surface area contributed by atoms with Crippen LogP contribution in [-0.2, 0) is 12.8 Å². The maximum Gasteiger partial charge on any atom is 0.159 e. The highest BCUT2D eigenvalue weighted by Gasteiger charge is 2.19. The molecule has 0 unspecified atom stereocenters. The standard InChI is InChI=1S/C17H18N2O/c1-13(20)14-5-6-17-15(12-14)7-10-19(17)11-8-16-4-2-3-9-18-16/h2-6,9,12H,7-8,10-11H2,1H3. The van der Waals surface area contributed by atoms with Crippen molar-refractivity contribution in [1.29, 1.82) is 0 Å². The van der Waals surface area contributed by atoms with E-state index in [9.17, 15) is 4.79 Å². The summed E-state index contributed by atoms with van der Waals surface area (Å²) in [6, 6.07) is 12.1. The van der Waals surface area contributed by atoms with Gasteiger partial charge in [0.2, 0.25) is 0 Å². The van der Waals surface area contributed by atoms with Crippen LogP contribution in [0.3, 0.4) is 0 Å². The van der Waals surface area contributed by atoms with E-state index in [-0.39, 0.29) is 5.78 Å². The Hall–Kier alpha value is -2.16. The highest BCUT2D eigenvalue weighted by molar-refractivity contribution is 5.94. The summed E-state index contributed by atoms with van der Waals surface area (Å²) in [7, 11) is 0. The van der Waals surface area contributed by atoms with E-state index in [0.29, 0.717) is 0 Å². The number of hydrogen-bond acceptors (Lipinski definition) is 3. The maximum atomic E-state index is 11.4. The highest BCUT2D eigenvalue weighted by atomic mass is 16.1. The Morgan fingerprint density at radius 1 is 1.30 bits per heavy atom. The van der Waals surface area contributed by atoms with Gasteiger partial charge < -0.3 is 4.90 Å². The molecule has 3 heteroatoms. The molecule has 3 nitrogen and oxygen atoms in total. The second kappa shape index (κ2) is 5.45. The van der Waals surface area contributed by atoms with Crippen LogP contribution >= 0.6 is 0 Å². The van der Waals surface area contributed by atoms with Crippen LogP contribution in [0.15, 0.2) is 42.6 Å². The quantitative estimate of drug-likeness (QED) is 0.798. The average molecular weight is 266 g/mol. The van der Waals surface area contributed by atoms with Gasteiger partial charge in [0.1, 0.15) is 0 Å². The fourth-order valence-corrected chi connectivity index (χ4v) is 2.72. The maximum absolute atomic E-state index is 11.4. The predicted molar refractivity (Wildman–Crippen MR) is 80.3 cm³/mol. The van der Waals surface area contributed by atoms with Crippen molar-refractivity contribution in [2.75, 3.05) is 18.0 Å². The first kappa shape index (κ1) is 12.9. The number of carbonyl (C=O) groups is 1. The number of Topliss-reactive ketones (excluding diaryl/α,β-unsaturated/α-hetero) is 1. The summed E-state index contributed by atoms with van der Waals surface area (Å²) < 4.78 is 0. The SMILES string of the molecule is CC(=O)c1ccc2c(c1)CCN2CCc1ccccn1. The minimum Gasteiger partial charge on any atom is -0.371 e. The van der Waals surface area contributed by atoms with Gasteiger partial charge in [0.15, 0.2) is 5.78 Å². The largest absolute Gasteiger partial charge is 0.371 e. The van der Waals surface area contributed by atoms with Crippen molar-refractivity contribution >= 4 is 11.5 Å². The van der Waals surface area contributed by atoms with Crippen molar-refractivity contribution in [1.82, 2.24) is 4.98 Å². The summed E-state index contributed by atoms with van der Waals surface area (Å²) in [6.45, 7) is 3.63. The molecule has 3 rings (SSSR count). The monoisotopic (exact) mass is 266 g/mol. The van der Waals surface area contributed by atoms with Crippen LogP contribution in [0.2, 0.25) is 0 Å². The predicted octanol–water partition coefficient (Wildman–Crippen LogP) is 2.89. The number of rotatable bonds is 4. The van der Waals surface area contributed by atoms with E-state index in [2.05, 4.69) is 22.0 Å². The third-order valence-corrected chi connectivity index (χ3v) is 3.84. The number of ketones is 1. The first-order chi connectivity index (χ1) is 9.74. The lowest BCUT2D eigenvalue weighted by molar-refractivity contribution is 0.101. The lowest BCUT2D eigenvalue weighted by Crippen LogP contribution is -2.23. The third-order valence-electron chi connectivity index (χ3n) is 3.84. The van der Waals surface area contributed by atoms with Crippen LogP contribution < -0.4 is 4.90 Å². The van der Waals surface area contributed by atoms with E-state index in [0.717, 1.165) is 37.2 Å². The van der Waals surface area contributed by atoms with E-state index in [4.69, 9.17) is 0 Å². The highest BCUT2D eigenvalue weighted by Crippen LogP contribution is 2.29. The first-order valence-electron chi connectivity index (χ1n) is 7.03. The number of carbonyl (C=O) groups excluding carboxylic acids is 1. The van der Waals surface area contributed by atoms with Crippen LogP contribution in [0.5, 0.6) is 0 Å².